The van der Waals surface area contributed by atoms with Crippen molar-refractivity contribution < 1.29 is 23.1 Å². The van der Waals surface area contributed by atoms with E-state index in [1.54, 1.807) is 24.1 Å². The van der Waals surface area contributed by atoms with Gasteiger partial charge in [0.2, 0.25) is 15.9 Å². The van der Waals surface area contributed by atoms with Gasteiger partial charge in [0.15, 0.2) is 0 Å². The Morgan fingerprint density at radius 1 is 1.14 bits per heavy atom. The van der Waals surface area contributed by atoms with Crippen LogP contribution < -0.4 is 4.74 Å². The Bertz CT molecular complexity index is 780. The van der Waals surface area contributed by atoms with Gasteiger partial charge >= 0.3 is 0 Å². The highest BCUT2D eigenvalue weighted by molar-refractivity contribution is 7.89. The van der Waals surface area contributed by atoms with Crippen LogP contribution in [0.15, 0.2) is 29.2 Å². The molecule has 0 aromatic heterocycles. The number of amides is 1. The summed E-state index contributed by atoms with van der Waals surface area (Å²) >= 11 is 0. The van der Waals surface area contributed by atoms with Crippen molar-refractivity contribution in [3.63, 3.8) is 0 Å². The molecule has 3 rings (SSSR count). The fraction of sp³-hybridized carbons (Fsp3) is 0.650. The largest absolute Gasteiger partial charge is 0.497 e. The summed E-state index contributed by atoms with van der Waals surface area (Å²) in [7, 11) is -0.391. The number of piperidine rings is 1. The van der Waals surface area contributed by atoms with Crippen molar-refractivity contribution in [3.8, 4) is 5.75 Å². The molecule has 0 bridgehead atoms. The maximum absolute atomic E-state index is 13.0. The van der Waals surface area contributed by atoms with E-state index in [1.807, 2.05) is 0 Å². The van der Waals surface area contributed by atoms with E-state index in [0.717, 1.165) is 19.3 Å². The van der Waals surface area contributed by atoms with Crippen LogP contribution in [0.5, 0.6) is 5.75 Å². The fourth-order valence-electron chi connectivity index (χ4n) is 4.25. The molecule has 1 amide bonds. The molecule has 1 aromatic carbocycles. The monoisotopic (exact) mass is 410 g/mol. The first-order valence-corrected chi connectivity index (χ1v) is 11.4. The first-order valence-electron chi connectivity index (χ1n) is 9.93. The van der Waals surface area contributed by atoms with E-state index in [4.69, 9.17) is 4.74 Å². The Morgan fingerprint density at radius 2 is 1.82 bits per heavy atom. The predicted octanol–water partition coefficient (Wildman–Crippen LogP) is 1.86. The molecule has 0 spiro atoms. The van der Waals surface area contributed by atoms with E-state index < -0.39 is 16.1 Å². The van der Waals surface area contributed by atoms with Crippen LogP contribution in [0, 0.1) is 5.92 Å². The lowest BCUT2D eigenvalue weighted by molar-refractivity contribution is -0.140. The normalized spacial score (nSPS) is 26.6. The van der Waals surface area contributed by atoms with E-state index in [2.05, 4.69) is 0 Å². The maximum Gasteiger partial charge on any atom is 0.243 e. The second kappa shape index (κ2) is 8.80. The van der Waals surface area contributed by atoms with Gasteiger partial charge in [0.05, 0.1) is 30.1 Å². The summed E-state index contributed by atoms with van der Waals surface area (Å²) < 4.78 is 32.5. The first-order chi connectivity index (χ1) is 13.3. The quantitative estimate of drug-likeness (QED) is 0.801. The van der Waals surface area contributed by atoms with E-state index >= 15 is 0 Å². The number of carbonyl (C=O) groups is 1. The summed E-state index contributed by atoms with van der Waals surface area (Å²) in [5.74, 6) is 0.153. The molecule has 0 unspecified atom stereocenters. The van der Waals surface area contributed by atoms with Gasteiger partial charge in [-0.3, -0.25) is 4.79 Å². The Labute approximate surface area is 167 Å². The number of benzene rings is 1. The molecular weight excluding hydrogens is 380 g/mol. The van der Waals surface area contributed by atoms with E-state index in [-0.39, 0.29) is 29.3 Å². The fourth-order valence-corrected chi connectivity index (χ4v) is 5.78. The number of sulfonamides is 1. The molecule has 0 radical (unpaired) electrons. The molecule has 3 atom stereocenters. The summed E-state index contributed by atoms with van der Waals surface area (Å²) in [4.78, 5) is 14.9. The third-order valence-electron chi connectivity index (χ3n) is 5.97. The highest BCUT2D eigenvalue weighted by atomic mass is 32.2. The van der Waals surface area contributed by atoms with Crippen molar-refractivity contribution in [2.75, 3.05) is 27.2 Å². The van der Waals surface area contributed by atoms with Crippen molar-refractivity contribution in [2.24, 2.45) is 5.92 Å². The standard InChI is InChI=1S/C20H30N2O5S/c1-21(18-7-3-4-8-19(18)23)20(24)15-6-5-13-22(14-15)28(25,26)17-11-9-16(27-2)10-12-17/h9-12,15,18-19,23H,3-8,13-14H2,1-2H3/t15-,18+,19-/m0/s1. The van der Waals surface area contributed by atoms with Crippen LogP contribution in [0.1, 0.15) is 38.5 Å². The molecular formula is C20H30N2O5S. The first kappa shape index (κ1) is 21.1. The molecule has 28 heavy (non-hydrogen) atoms. The van der Waals surface area contributed by atoms with Crippen molar-refractivity contribution >= 4 is 15.9 Å². The van der Waals surface area contributed by atoms with Crippen LogP contribution in [-0.4, -0.2) is 68.0 Å². The van der Waals surface area contributed by atoms with Gasteiger partial charge in [-0.25, -0.2) is 8.42 Å². The second-order valence-electron chi connectivity index (χ2n) is 7.75. The van der Waals surface area contributed by atoms with Gasteiger partial charge in [0, 0.05) is 20.1 Å². The number of aliphatic hydroxyl groups excluding tert-OH is 1. The van der Waals surface area contributed by atoms with E-state index in [0.29, 0.717) is 31.6 Å². The summed E-state index contributed by atoms with van der Waals surface area (Å²) in [5, 5.41) is 10.2. The molecule has 156 valence electrons. The maximum atomic E-state index is 13.0. The SMILES string of the molecule is COc1ccc(S(=O)(=O)N2CCC[C@H](C(=O)N(C)[C@@H]3CCCC[C@@H]3O)C2)cc1. The van der Waals surface area contributed by atoms with Crippen molar-refractivity contribution in [2.45, 2.75) is 55.6 Å². The molecule has 1 aromatic rings. The van der Waals surface area contributed by atoms with Crippen LogP contribution >= 0.6 is 0 Å². The molecule has 1 aliphatic heterocycles. The number of nitrogens with zero attached hydrogens (tertiary/aromatic N) is 2. The zero-order valence-electron chi connectivity index (χ0n) is 16.6. The number of ether oxygens (including phenoxy) is 1. The number of hydrogen-bond acceptors (Lipinski definition) is 5. The summed E-state index contributed by atoms with van der Waals surface area (Å²) in [6, 6.07) is 6.14. The number of aliphatic hydroxyl groups is 1. The zero-order chi connectivity index (χ0) is 20.3. The number of likely N-dealkylation sites (N-methyl/N-ethyl adjacent to an activating group) is 1. The van der Waals surface area contributed by atoms with Gasteiger partial charge in [-0.1, -0.05) is 12.8 Å². The molecule has 2 aliphatic rings. The lowest BCUT2D eigenvalue weighted by atomic mass is 9.90. The molecule has 8 heteroatoms. The van der Waals surface area contributed by atoms with Gasteiger partial charge in [-0.15, -0.1) is 0 Å². The minimum Gasteiger partial charge on any atom is -0.497 e. The highest BCUT2D eigenvalue weighted by Crippen LogP contribution is 2.28. The molecule has 1 saturated carbocycles. The highest BCUT2D eigenvalue weighted by Gasteiger charge is 2.37. The Morgan fingerprint density at radius 3 is 2.46 bits per heavy atom. The average molecular weight is 411 g/mol. The third kappa shape index (κ3) is 4.34. The van der Waals surface area contributed by atoms with Gasteiger partial charge in [-0.2, -0.15) is 4.31 Å². The zero-order valence-corrected chi connectivity index (χ0v) is 17.4. The number of rotatable bonds is 5. The van der Waals surface area contributed by atoms with Crippen LogP contribution in [0.2, 0.25) is 0 Å². The van der Waals surface area contributed by atoms with Gasteiger partial charge in [0.1, 0.15) is 5.75 Å². The third-order valence-corrected chi connectivity index (χ3v) is 7.85. The second-order valence-corrected chi connectivity index (χ2v) is 9.68. The average Bonchev–Trinajstić information content (AvgIpc) is 2.73. The minimum absolute atomic E-state index is 0.0689. The summed E-state index contributed by atoms with van der Waals surface area (Å²) in [6.07, 6.45) is 4.31. The smallest absolute Gasteiger partial charge is 0.243 e. The minimum atomic E-state index is -3.66. The van der Waals surface area contributed by atoms with Gasteiger partial charge < -0.3 is 14.7 Å². The molecule has 1 heterocycles. The number of hydrogen-bond donors (Lipinski definition) is 1. The van der Waals surface area contributed by atoms with Crippen LogP contribution in [-0.2, 0) is 14.8 Å². The molecule has 1 saturated heterocycles. The lowest BCUT2D eigenvalue weighted by Crippen LogP contribution is -2.51. The van der Waals surface area contributed by atoms with E-state index in [1.165, 1.54) is 23.5 Å². The molecule has 1 aliphatic carbocycles. The van der Waals surface area contributed by atoms with Crippen molar-refractivity contribution in [1.82, 2.24) is 9.21 Å². The van der Waals surface area contributed by atoms with Crippen molar-refractivity contribution in [3.05, 3.63) is 24.3 Å². The number of methoxy groups -OCH3 is 1. The Balaban J connectivity index is 1.71. The van der Waals surface area contributed by atoms with Crippen molar-refractivity contribution in [1.29, 1.82) is 0 Å². The molecule has 2 fully saturated rings. The molecule has 7 nitrogen and oxygen atoms in total. The summed E-state index contributed by atoms with van der Waals surface area (Å²) in [6.45, 7) is 0.592. The van der Waals surface area contributed by atoms with Crippen LogP contribution in [0.25, 0.3) is 0 Å². The molecule has 1 N–H and O–H groups in total. The Kier molecular flexibility index (Phi) is 6.62. The van der Waals surface area contributed by atoms with Crippen LogP contribution in [0.3, 0.4) is 0 Å². The van der Waals surface area contributed by atoms with Gasteiger partial charge in [0.25, 0.3) is 0 Å². The topological polar surface area (TPSA) is 87.2 Å². The van der Waals surface area contributed by atoms with Crippen LogP contribution in [0.4, 0.5) is 0 Å². The van der Waals surface area contributed by atoms with Gasteiger partial charge in [-0.05, 0) is 49.9 Å². The number of carbonyl (C=O) groups excluding carboxylic acids is 1. The lowest BCUT2D eigenvalue weighted by Gasteiger charge is -2.39. The summed E-state index contributed by atoms with van der Waals surface area (Å²) in [5.41, 5.74) is 0. The van der Waals surface area contributed by atoms with E-state index in [9.17, 15) is 18.3 Å². The predicted molar refractivity (Wildman–Crippen MR) is 106 cm³/mol. The Hall–Kier alpha value is -1.64.